The fourth-order valence-electron chi connectivity index (χ4n) is 3.12. The number of aliphatic imine (C=N–C) groups is 1. The Morgan fingerprint density at radius 3 is 2.82 bits per heavy atom. The first kappa shape index (κ1) is 19.8. The Hall–Kier alpha value is -3.00. The van der Waals surface area contributed by atoms with E-state index >= 15 is 0 Å². The lowest BCUT2D eigenvalue weighted by atomic mass is 10.1. The van der Waals surface area contributed by atoms with Crippen LogP contribution in [0.1, 0.15) is 44.8 Å². The zero-order valence-electron chi connectivity index (χ0n) is 16.4. The minimum Gasteiger partial charge on any atom is -0.404 e. The molecule has 3 aromatic heterocycles. The summed E-state index contributed by atoms with van der Waals surface area (Å²) in [4.78, 5) is 9.14. The van der Waals surface area contributed by atoms with Gasteiger partial charge in [0, 0.05) is 42.9 Å². The van der Waals surface area contributed by atoms with Crippen molar-refractivity contribution in [2.24, 2.45) is 10.7 Å². The highest BCUT2D eigenvalue weighted by atomic mass is 16.3. The quantitative estimate of drug-likeness (QED) is 0.438. The first-order chi connectivity index (χ1) is 13.7. The SMILES string of the molecule is CCC(CC)n1cc(-c2nc(C(C=NCCCO)=CN)cn3nccc23)cn1. The number of aliphatic hydroxyl groups excluding tert-OH is 1. The van der Waals surface area contributed by atoms with Crippen LogP contribution >= 0.6 is 0 Å². The van der Waals surface area contributed by atoms with E-state index in [9.17, 15) is 0 Å². The molecule has 0 bridgehead atoms. The van der Waals surface area contributed by atoms with Crippen molar-refractivity contribution in [2.75, 3.05) is 13.2 Å². The highest BCUT2D eigenvalue weighted by molar-refractivity contribution is 6.09. The molecule has 0 unspecified atom stereocenters. The number of nitrogens with two attached hydrogens (primary N) is 1. The highest BCUT2D eigenvalue weighted by Crippen LogP contribution is 2.26. The van der Waals surface area contributed by atoms with Crippen molar-refractivity contribution in [3.05, 3.63) is 42.7 Å². The minimum absolute atomic E-state index is 0.112. The third-order valence-corrected chi connectivity index (χ3v) is 4.73. The molecular formula is C20H27N7O. The van der Waals surface area contributed by atoms with Crippen molar-refractivity contribution < 1.29 is 5.11 Å². The van der Waals surface area contributed by atoms with Gasteiger partial charge in [0.1, 0.15) is 0 Å². The molecule has 0 aromatic carbocycles. The molecule has 0 saturated carbocycles. The van der Waals surface area contributed by atoms with Gasteiger partial charge >= 0.3 is 0 Å². The summed E-state index contributed by atoms with van der Waals surface area (Å²) in [7, 11) is 0. The molecule has 8 heteroatoms. The van der Waals surface area contributed by atoms with Gasteiger partial charge in [0.15, 0.2) is 0 Å². The van der Waals surface area contributed by atoms with E-state index in [0.717, 1.165) is 29.6 Å². The lowest BCUT2D eigenvalue weighted by Gasteiger charge is -2.12. The molecule has 0 aliphatic heterocycles. The Morgan fingerprint density at radius 2 is 2.11 bits per heavy atom. The summed E-state index contributed by atoms with van der Waals surface area (Å²) in [6, 6.07) is 2.30. The summed E-state index contributed by atoms with van der Waals surface area (Å²) in [5, 5.41) is 17.8. The van der Waals surface area contributed by atoms with Crippen LogP contribution < -0.4 is 5.73 Å². The van der Waals surface area contributed by atoms with Crippen molar-refractivity contribution in [3.8, 4) is 11.3 Å². The van der Waals surface area contributed by atoms with Crippen LogP contribution in [0.15, 0.2) is 42.0 Å². The Kier molecular flexibility index (Phi) is 6.54. The van der Waals surface area contributed by atoms with Crippen LogP contribution in [0, 0.1) is 0 Å². The fraction of sp³-hybridized carbons (Fsp3) is 0.400. The fourth-order valence-corrected chi connectivity index (χ4v) is 3.12. The number of aliphatic hydroxyl groups is 1. The second kappa shape index (κ2) is 9.27. The van der Waals surface area contributed by atoms with Crippen molar-refractivity contribution >= 4 is 17.3 Å². The van der Waals surface area contributed by atoms with Crippen molar-refractivity contribution in [2.45, 2.75) is 39.2 Å². The van der Waals surface area contributed by atoms with Gasteiger partial charge in [-0.25, -0.2) is 9.50 Å². The molecule has 3 rings (SSSR count). The molecule has 3 N–H and O–H groups in total. The van der Waals surface area contributed by atoms with E-state index in [-0.39, 0.29) is 6.61 Å². The lowest BCUT2D eigenvalue weighted by molar-refractivity contribution is 0.291. The maximum atomic E-state index is 8.89. The van der Waals surface area contributed by atoms with Crippen LogP contribution in [-0.2, 0) is 0 Å². The third kappa shape index (κ3) is 4.12. The van der Waals surface area contributed by atoms with Crippen LogP contribution in [0.5, 0.6) is 0 Å². The average molecular weight is 381 g/mol. The smallest absolute Gasteiger partial charge is 0.0999 e. The Morgan fingerprint density at radius 1 is 1.29 bits per heavy atom. The van der Waals surface area contributed by atoms with Gasteiger partial charge < -0.3 is 10.8 Å². The van der Waals surface area contributed by atoms with Crippen LogP contribution in [-0.4, -0.2) is 48.9 Å². The number of fused-ring (bicyclic) bond motifs is 1. The number of aromatic nitrogens is 5. The molecule has 0 aliphatic rings. The van der Waals surface area contributed by atoms with Crippen LogP contribution in [0.25, 0.3) is 22.3 Å². The van der Waals surface area contributed by atoms with E-state index in [4.69, 9.17) is 15.8 Å². The molecule has 0 spiro atoms. The summed E-state index contributed by atoms with van der Waals surface area (Å²) in [6.07, 6.45) is 13.3. The van der Waals surface area contributed by atoms with Crippen LogP contribution in [0.3, 0.4) is 0 Å². The van der Waals surface area contributed by atoms with E-state index in [0.29, 0.717) is 30.3 Å². The number of allylic oxidation sites excluding steroid dienone is 1. The minimum atomic E-state index is 0.112. The number of hydrogen-bond acceptors (Lipinski definition) is 6. The van der Waals surface area contributed by atoms with Crippen LogP contribution in [0.4, 0.5) is 0 Å². The van der Waals surface area contributed by atoms with Gasteiger partial charge in [-0.15, -0.1) is 0 Å². The summed E-state index contributed by atoms with van der Waals surface area (Å²) in [5.74, 6) is 0. The predicted octanol–water partition coefficient (Wildman–Crippen LogP) is 2.71. The summed E-state index contributed by atoms with van der Waals surface area (Å²) < 4.78 is 3.80. The molecule has 0 fully saturated rings. The van der Waals surface area contributed by atoms with Crippen LogP contribution in [0.2, 0.25) is 0 Å². The summed E-state index contributed by atoms with van der Waals surface area (Å²) in [6.45, 7) is 4.98. The second-order valence-electron chi connectivity index (χ2n) is 6.55. The normalized spacial score (nSPS) is 12.6. The van der Waals surface area contributed by atoms with Crippen molar-refractivity contribution in [1.29, 1.82) is 0 Å². The van der Waals surface area contributed by atoms with Gasteiger partial charge in [0.05, 0.1) is 41.5 Å². The molecule has 3 aromatic rings. The number of rotatable bonds is 9. The molecular weight excluding hydrogens is 354 g/mol. The molecule has 3 heterocycles. The summed E-state index contributed by atoms with van der Waals surface area (Å²) >= 11 is 0. The third-order valence-electron chi connectivity index (χ3n) is 4.73. The van der Waals surface area contributed by atoms with Gasteiger partial charge in [-0.1, -0.05) is 13.8 Å². The lowest BCUT2D eigenvalue weighted by Crippen LogP contribution is -2.06. The van der Waals surface area contributed by atoms with Gasteiger partial charge in [0.2, 0.25) is 0 Å². The molecule has 28 heavy (non-hydrogen) atoms. The molecule has 0 radical (unpaired) electrons. The first-order valence-electron chi connectivity index (χ1n) is 9.63. The molecule has 0 aliphatic carbocycles. The molecule has 8 nitrogen and oxygen atoms in total. The summed E-state index contributed by atoms with van der Waals surface area (Å²) in [5.41, 5.74) is 9.84. The molecule has 148 valence electrons. The average Bonchev–Trinajstić information content (AvgIpc) is 3.38. The van der Waals surface area contributed by atoms with Gasteiger partial charge in [-0.05, 0) is 25.3 Å². The Bertz CT molecular complexity index is 966. The van der Waals surface area contributed by atoms with Gasteiger partial charge in [-0.3, -0.25) is 9.67 Å². The van der Waals surface area contributed by atoms with E-state index in [1.54, 1.807) is 16.9 Å². The highest BCUT2D eigenvalue weighted by Gasteiger charge is 2.15. The van der Waals surface area contributed by atoms with E-state index in [1.807, 2.05) is 29.3 Å². The molecule has 0 saturated heterocycles. The largest absolute Gasteiger partial charge is 0.404 e. The number of nitrogens with zero attached hydrogens (tertiary/aromatic N) is 6. The van der Waals surface area contributed by atoms with Crippen molar-refractivity contribution in [1.82, 2.24) is 24.4 Å². The van der Waals surface area contributed by atoms with E-state index < -0.39 is 0 Å². The number of hydrogen-bond donors (Lipinski definition) is 2. The Labute approximate surface area is 164 Å². The monoisotopic (exact) mass is 381 g/mol. The topological polar surface area (TPSA) is 107 Å². The zero-order valence-corrected chi connectivity index (χ0v) is 16.4. The van der Waals surface area contributed by atoms with Gasteiger partial charge in [0.25, 0.3) is 0 Å². The van der Waals surface area contributed by atoms with Gasteiger partial charge in [-0.2, -0.15) is 10.2 Å². The maximum absolute atomic E-state index is 8.89. The second-order valence-corrected chi connectivity index (χ2v) is 6.55. The predicted molar refractivity (Wildman–Crippen MR) is 111 cm³/mol. The standard InChI is InChI=1S/C20H27N7O/c1-3-17(4-2)26-13-16(12-24-26)20-19-6-8-23-27(19)14-18(25-20)15(10-21)11-22-7-5-9-28/h6,8,10-14,17,28H,3-5,7,9,21H2,1-2H3. The Balaban J connectivity index is 2.01. The van der Waals surface area contributed by atoms with E-state index in [1.165, 1.54) is 6.20 Å². The maximum Gasteiger partial charge on any atom is 0.0999 e. The molecule has 0 atom stereocenters. The van der Waals surface area contributed by atoms with E-state index in [2.05, 4.69) is 29.0 Å². The molecule has 0 amide bonds. The van der Waals surface area contributed by atoms with Crippen molar-refractivity contribution in [3.63, 3.8) is 0 Å². The first-order valence-corrected chi connectivity index (χ1v) is 9.63. The zero-order chi connectivity index (χ0) is 19.9.